The third-order valence-electron chi connectivity index (χ3n) is 1.55. The summed E-state index contributed by atoms with van der Waals surface area (Å²) in [6.45, 7) is 0. The molecule has 0 atom stereocenters. The third kappa shape index (κ3) is 3.35. The maximum absolute atomic E-state index is 11.4. The number of nitrogens with two attached hydrogens (primary N) is 1. The molecule has 15 heavy (non-hydrogen) atoms. The van der Waals surface area contributed by atoms with Gasteiger partial charge < -0.3 is 5.73 Å². The Morgan fingerprint density at radius 2 is 1.73 bits per heavy atom. The Hall–Kier alpha value is -1.95. The number of hydrogen-bond acceptors (Lipinski definition) is 3. The Kier molecular flexibility index (Phi) is 3.75. The fourth-order valence-electron chi connectivity index (χ4n) is 0.837. The van der Waals surface area contributed by atoms with Gasteiger partial charge in [-0.3, -0.25) is 20.4 Å². The molecular weight excluding hydrogens is 214 g/mol. The number of amides is 2. The van der Waals surface area contributed by atoms with E-state index in [-0.39, 0.29) is 10.9 Å². The average molecular weight is 223 g/mol. The van der Waals surface area contributed by atoms with Crippen molar-refractivity contribution in [3.8, 4) is 0 Å². The van der Waals surface area contributed by atoms with E-state index in [2.05, 4.69) is 23.1 Å². The fourth-order valence-corrected chi connectivity index (χ4v) is 0.888. The number of benzene rings is 1. The first kappa shape index (κ1) is 11.1. The van der Waals surface area contributed by atoms with E-state index < -0.39 is 5.91 Å². The van der Waals surface area contributed by atoms with E-state index in [1.54, 1.807) is 30.3 Å². The Labute approximate surface area is 91.6 Å². The summed E-state index contributed by atoms with van der Waals surface area (Å²) in [7, 11) is 0. The molecule has 0 bridgehead atoms. The molecule has 1 aromatic rings. The topological polar surface area (TPSA) is 84.2 Å². The van der Waals surface area contributed by atoms with Crippen molar-refractivity contribution in [1.82, 2.24) is 10.9 Å². The lowest BCUT2D eigenvalue weighted by molar-refractivity contribution is -0.112. The summed E-state index contributed by atoms with van der Waals surface area (Å²) in [4.78, 5) is 21.7. The molecule has 0 saturated carbocycles. The monoisotopic (exact) mass is 223 g/mol. The second kappa shape index (κ2) is 5.06. The molecule has 0 spiro atoms. The van der Waals surface area contributed by atoms with Gasteiger partial charge in [-0.05, 0) is 12.1 Å². The number of thiocarbonyl (C=S) groups is 1. The minimum atomic E-state index is -0.793. The Morgan fingerprint density at radius 3 is 2.27 bits per heavy atom. The van der Waals surface area contributed by atoms with Crippen LogP contribution in [-0.4, -0.2) is 16.8 Å². The highest BCUT2D eigenvalue weighted by Gasteiger charge is 2.06. The summed E-state index contributed by atoms with van der Waals surface area (Å²) in [5.41, 5.74) is 9.81. The summed E-state index contributed by atoms with van der Waals surface area (Å²) in [6, 6.07) is 8.50. The van der Waals surface area contributed by atoms with Gasteiger partial charge >= 0.3 is 0 Å². The molecule has 0 saturated heterocycles. The lowest BCUT2D eigenvalue weighted by Crippen LogP contribution is -2.46. The Balaban J connectivity index is 2.51. The number of primary amides is 1. The first-order valence-electron chi connectivity index (χ1n) is 4.06. The van der Waals surface area contributed by atoms with Crippen LogP contribution in [0.15, 0.2) is 30.3 Å². The van der Waals surface area contributed by atoms with Crippen molar-refractivity contribution in [2.45, 2.75) is 0 Å². The molecule has 2 amide bonds. The van der Waals surface area contributed by atoms with Gasteiger partial charge in [0.2, 0.25) is 0 Å². The maximum atomic E-state index is 11.4. The predicted octanol–water partition coefficient (Wildman–Crippen LogP) is -0.266. The maximum Gasteiger partial charge on any atom is 0.277 e. The van der Waals surface area contributed by atoms with Crippen molar-refractivity contribution in [1.29, 1.82) is 0 Å². The normalized spacial score (nSPS) is 9.07. The quantitative estimate of drug-likeness (QED) is 0.452. The molecule has 1 aromatic carbocycles. The first-order valence-corrected chi connectivity index (χ1v) is 4.47. The van der Waals surface area contributed by atoms with Crippen LogP contribution in [0.25, 0.3) is 0 Å². The standard InChI is InChI=1S/C9H9N3O2S/c10-7(13)9(15)12-11-8(14)6-4-2-1-3-5-6/h1-5H,(H2,10,13)(H,11,14)(H,12,15). The van der Waals surface area contributed by atoms with Crippen LogP contribution in [0.1, 0.15) is 10.4 Å². The van der Waals surface area contributed by atoms with Crippen LogP contribution in [-0.2, 0) is 4.79 Å². The molecular formula is C9H9N3O2S. The van der Waals surface area contributed by atoms with Crippen LogP contribution in [0.4, 0.5) is 0 Å². The van der Waals surface area contributed by atoms with E-state index in [1.807, 2.05) is 0 Å². The molecule has 0 aliphatic rings. The number of rotatable bonds is 1. The van der Waals surface area contributed by atoms with Gasteiger partial charge in [0.15, 0.2) is 4.99 Å². The van der Waals surface area contributed by atoms with Crippen molar-refractivity contribution in [3.05, 3.63) is 35.9 Å². The molecule has 4 N–H and O–H groups in total. The Bertz CT molecular complexity index is 392. The highest BCUT2D eigenvalue weighted by Crippen LogP contribution is 1.96. The summed E-state index contributed by atoms with van der Waals surface area (Å²) >= 11 is 4.55. The first-order chi connectivity index (χ1) is 7.11. The molecule has 0 heterocycles. The van der Waals surface area contributed by atoms with Crippen LogP contribution in [0.3, 0.4) is 0 Å². The third-order valence-corrected chi connectivity index (χ3v) is 1.85. The average Bonchev–Trinajstić information content (AvgIpc) is 2.26. The van der Waals surface area contributed by atoms with E-state index in [0.29, 0.717) is 5.56 Å². The van der Waals surface area contributed by atoms with Gasteiger partial charge in [0.25, 0.3) is 11.8 Å². The molecule has 0 aliphatic carbocycles. The molecule has 0 aliphatic heterocycles. The zero-order valence-corrected chi connectivity index (χ0v) is 8.51. The fraction of sp³-hybridized carbons (Fsp3) is 0. The van der Waals surface area contributed by atoms with Gasteiger partial charge in [-0.25, -0.2) is 0 Å². The van der Waals surface area contributed by atoms with Gasteiger partial charge in [0.05, 0.1) is 0 Å². The second-order valence-electron chi connectivity index (χ2n) is 2.64. The van der Waals surface area contributed by atoms with Gasteiger partial charge in [-0.2, -0.15) is 0 Å². The second-order valence-corrected chi connectivity index (χ2v) is 3.05. The molecule has 6 heteroatoms. The van der Waals surface area contributed by atoms with E-state index >= 15 is 0 Å². The highest BCUT2D eigenvalue weighted by molar-refractivity contribution is 7.82. The highest BCUT2D eigenvalue weighted by atomic mass is 32.1. The van der Waals surface area contributed by atoms with E-state index in [9.17, 15) is 9.59 Å². The van der Waals surface area contributed by atoms with Gasteiger partial charge in [0.1, 0.15) is 0 Å². The van der Waals surface area contributed by atoms with Gasteiger partial charge in [-0.15, -0.1) is 0 Å². The zero-order valence-electron chi connectivity index (χ0n) is 7.69. The molecule has 1 rings (SSSR count). The van der Waals surface area contributed by atoms with Crippen LogP contribution >= 0.6 is 12.2 Å². The van der Waals surface area contributed by atoms with Gasteiger partial charge in [0, 0.05) is 5.56 Å². The molecule has 78 valence electrons. The predicted molar refractivity (Wildman–Crippen MR) is 58.8 cm³/mol. The molecule has 5 nitrogen and oxygen atoms in total. The summed E-state index contributed by atoms with van der Waals surface area (Å²) < 4.78 is 0. The lowest BCUT2D eigenvalue weighted by atomic mass is 10.2. The Morgan fingerprint density at radius 1 is 1.13 bits per heavy atom. The zero-order chi connectivity index (χ0) is 11.3. The van der Waals surface area contributed by atoms with Crippen molar-refractivity contribution >= 4 is 29.0 Å². The molecule has 0 unspecified atom stereocenters. The molecule has 0 radical (unpaired) electrons. The number of carbonyl (C=O) groups excluding carboxylic acids is 2. The van der Waals surface area contributed by atoms with Gasteiger partial charge in [-0.1, -0.05) is 30.4 Å². The van der Waals surface area contributed by atoms with Crippen molar-refractivity contribution in [2.24, 2.45) is 5.73 Å². The van der Waals surface area contributed by atoms with E-state index in [4.69, 9.17) is 5.73 Å². The largest absolute Gasteiger partial charge is 0.364 e. The minimum Gasteiger partial charge on any atom is -0.364 e. The van der Waals surface area contributed by atoms with Crippen molar-refractivity contribution < 1.29 is 9.59 Å². The smallest absolute Gasteiger partial charge is 0.277 e. The van der Waals surface area contributed by atoms with Crippen LogP contribution in [0, 0.1) is 0 Å². The SMILES string of the molecule is NC(=O)C(=S)NNC(=O)c1ccccc1. The van der Waals surface area contributed by atoms with Crippen LogP contribution < -0.4 is 16.6 Å². The van der Waals surface area contributed by atoms with E-state index in [1.165, 1.54) is 0 Å². The molecule has 0 aromatic heterocycles. The summed E-state index contributed by atoms with van der Waals surface area (Å²) in [5, 5.41) is 0. The molecule has 0 fully saturated rings. The summed E-state index contributed by atoms with van der Waals surface area (Å²) in [6.07, 6.45) is 0. The van der Waals surface area contributed by atoms with Crippen molar-refractivity contribution in [3.63, 3.8) is 0 Å². The number of hydrazine groups is 1. The minimum absolute atomic E-state index is 0.237. The number of hydrogen-bond donors (Lipinski definition) is 3. The number of nitrogens with one attached hydrogen (secondary N) is 2. The van der Waals surface area contributed by atoms with Crippen LogP contribution in [0.5, 0.6) is 0 Å². The van der Waals surface area contributed by atoms with E-state index in [0.717, 1.165) is 0 Å². The van der Waals surface area contributed by atoms with Crippen LogP contribution in [0.2, 0.25) is 0 Å². The number of carbonyl (C=O) groups is 2. The van der Waals surface area contributed by atoms with Crippen molar-refractivity contribution in [2.75, 3.05) is 0 Å². The summed E-state index contributed by atoms with van der Waals surface area (Å²) in [5.74, 6) is -1.18. The lowest BCUT2D eigenvalue weighted by Gasteiger charge is -2.06.